The molecule has 0 amide bonds. The first-order valence-electron chi connectivity index (χ1n) is 6.06. The second-order valence-corrected chi connectivity index (χ2v) is 4.51. The predicted octanol–water partition coefficient (Wildman–Crippen LogP) is 2.51. The van der Waals surface area contributed by atoms with E-state index < -0.39 is 0 Å². The van der Waals surface area contributed by atoms with Crippen molar-refractivity contribution in [3.63, 3.8) is 0 Å². The summed E-state index contributed by atoms with van der Waals surface area (Å²) in [4.78, 5) is 16.6. The van der Waals surface area contributed by atoms with Crippen molar-refractivity contribution in [3.05, 3.63) is 59.5 Å². The van der Waals surface area contributed by atoms with E-state index in [1.165, 1.54) is 0 Å². The number of carbonyl (C=O) groups is 1. The maximum Gasteiger partial charge on any atom is 0.215 e. The molecule has 4 nitrogen and oxygen atoms in total. The molecule has 3 aromatic rings. The molecule has 0 aliphatic rings. The number of pyridine rings is 1. The molecule has 0 atom stereocenters. The van der Waals surface area contributed by atoms with E-state index in [1.807, 2.05) is 44.3 Å². The number of hydrogen-bond acceptors (Lipinski definition) is 3. The molecule has 3 rings (SSSR count). The van der Waals surface area contributed by atoms with Crippen molar-refractivity contribution in [2.75, 3.05) is 0 Å². The maximum absolute atomic E-state index is 12.5. The highest BCUT2D eigenvalue weighted by Crippen LogP contribution is 2.20. The zero-order valence-electron chi connectivity index (χ0n) is 10.8. The van der Waals surface area contributed by atoms with Gasteiger partial charge in [-0.05, 0) is 25.1 Å². The fraction of sp³-hybridized carbons (Fsp3) is 0.133. The number of aromatic nitrogens is 3. The van der Waals surface area contributed by atoms with Crippen LogP contribution in [0, 0.1) is 6.92 Å². The van der Waals surface area contributed by atoms with E-state index in [0.29, 0.717) is 11.3 Å². The van der Waals surface area contributed by atoms with Crippen molar-refractivity contribution < 1.29 is 4.79 Å². The van der Waals surface area contributed by atoms with Crippen molar-refractivity contribution in [2.45, 2.75) is 6.92 Å². The number of nitrogens with zero attached hydrogens (tertiary/aromatic N) is 3. The Bertz CT molecular complexity index is 757. The van der Waals surface area contributed by atoms with Crippen LogP contribution in [0.2, 0.25) is 0 Å². The molecular weight excluding hydrogens is 238 g/mol. The van der Waals surface area contributed by atoms with E-state index in [-0.39, 0.29) is 5.78 Å². The first-order chi connectivity index (χ1) is 9.16. The lowest BCUT2D eigenvalue weighted by Crippen LogP contribution is -2.04. The van der Waals surface area contributed by atoms with Crippen LogP contribution < -0.4 is 0 Å². The molecule has 0 fully saturated rings. The van der Waals surface area contributed by atoms with Crippen LogP contribution >= 0.6 is 0 Å². The van der Waals surface area contributed by atoms with Gasteiger partial charge in [0.25, 0.3) is 0 Å². The lowest BCUT2D eigenvalue weighted by molar-refractivity contribution is 0.103. The molecule has 0 bridgehead atoms. The van der Waals surface area contributed by atoms with Crippen LogP contribution in [0.1, 0.15) is 21.7 Å². The topological polar surface area (TPSA) is 47.8 Å². The quantitative estimate of drug-likeness (QED) is 0.657. The van der Waals surface area contributed by atoms with Crippen LogP contribution in [0.15, 0.2) is 42.6 Å². The van der Waals surface area contributed by atoms with Crippen molar-refractivity contribution in [2.24, 2.45) is 7.05 Å². The van der Waals surface area contributed by atoms with E-state index >= 15 is 0 Å². The number of para-hydroxylation sites is 1. The molecule has 0 saturated carbocycles. The van der Waals surface area contributed by atoms with Gasteiger partial charge in [0, 0.05) is 29.9 Å². The zero-order valence-corrected chi connectivity index (χ0v) is 10.8. The van der Waals surface area contributed by atoms with Gasteiger partial charge in [0.05, 0.1) is 5.52 Å². The van der Waals surface area contributed by atoms with Crippen LogP contribution in [0.5, 0.6) is 0 Å². The molecule has 94 valence electrons. The smallest absolute Gasteiger partial charge is 0.215 e. The molecule has 4 heteroatoms. The Morgan fingerprint density at radius 2 is 1.95 bits per heavy atom. The molecule has 0 spiro atoms. The van der Waals surface area contributed by atoms with E-state index in [1.54, 1.807) is 16.9 Å². The fourth-order valence-corrected chi connectivity index (χ4v) is 2.12. The first-order valence-corrected chi connectivity index (χ1v) is 6.06. The highest BCUT2D eigenvalue weighted by atomic mass is 16.1. The zero-order chi connectivity index (χ0) is 13.4. The summed E-state index contributed by atoms with van der Waals surface area (Å²) in [5, 5.41) is 5.20. The standard InChI is InChI=1S/C15H13N3O/c1-10-7-8-11(9-16-10)15(19)14-12-5-3-4-6-13(12)18(2)17-14/h3-9H,1-2H3. The lowest BCUT2D eigenvalue weighted by Gasteiger charge is -1.98. The Labute approximate surface area is 110 Å². The number of aryl methyl sites for hydroxylation is 2. The number of benzene rings is 1. The van der Waals surface area contributed by atoms with Crippen molar-refractivity contribution >= 4 is 16.7 Å². The second kappa shape index (κ2) is 4.31. The summed E-state index contributed by atoms with van der Waals surface area (Å²) < 4.78 is 1.73. The van der Waals surface area contributed by atoms with Gasteiger partial charge in [-0.2, -0.15) is 5.10 Å². The van der Waals surface area contributed by atoms with E-state index in [0.717, 1.165) is 16.6 Å². The van der Waals surface area contributed by atoms with Gasteiger partial charge in [0.15, 0.2) is 0 Å². The van der Waals surface area contributed by atoms with Gasteiger partial charge in [-0.25, -0.2) is 0 Å². The van der Waals surface area contributed by atoms with Crippen molar-refractivity contribution in [1.82, 2.24) is 14.8 Å². The van der Waals surface area contributed by atoms with Gasteiger partial charge >= 0.3 is 0 Å². The molecule has 2 aromatic heterocycles. The minimum absolute atomic E-state index is 0.0932. The van der Waals surface area contributed by atoms with Crippen LogP contribution in [0.25, 0.3) is 10.9 Å². The number of carbonyl (C=O) groups excluding carboxylic acids is 1. The molecule has 1 aromatic carbocycles. The molecule has 0 N–H and O–H groups in total. The third-order valence-electron chi connectivity index (χ3n) is 3.15. The van der Waals surface area contributed by atoms with Crippen LogP contribution in [0.3, 0.4) is 0 Å². The van der Waals surface area contributed by atoms with Gasteiger partial charge < -0.3 is 0 Å². The second-order valence-electron chi connectivity index (χ2n) is 4.51. The van der Waals surface area contributed by atoms with E-state index in [4.69, 9.17) is 0 Å². The molecule has 19 heavy (non-hydrogen) atoms. The Morgan fingerprint density at radius 1 is 1.16 bits per heavy atom. The average molecular weight is 251 g/mol. The Kier molecular flexibility index (Phi) is 2.63. The number of ketones is 1. The van der Waals surface area contributed by atoms with Crippen LogP contribution in [-0.4, -0.2) is 20.5 Å². The molecule has 2 heterocycles. The third-order valence-corrected chi connectivity index (χ3v) is 3.15. The van der Waals surface area contributed by atoms with Gasteiger partial charge in [-0.15, -0.1) is 0 Å². The van der Waals surface area contributed by atoms with E-state index in [2.05, 4.69) is 10.1 Å². The Morgan fingerprint density at radius 3 is 2.68 bits per heavy atom. The molecule has 0 aliphatic heterocycles. The van der Waals surface area contributed by atoms with Gasteiger partial charge in [-0.1, -0.05) is 18.2 Å². The fourth-order valence-electron chi connectivity index (χ4n) is 2.12. The largest absolute Gasteiger partial charge is 0.287 e. The highest BCUT2D eigenvalue weighted by Gasteiger charge is 2.17. The molecule has 0 unspecified atom stereocenters. The monoisotopic (exact) mass is 251 g/mol. The minimum Gasteiger partial charge on any atom is -0.287 e. The summed E-state index contributed by atoms with van der Waals surface area (Å²) in [5.74, 6) is -0.0932. The summed E-state index contributed by atoms with van der Waals surface area (Å²) in [5.41, 5.74) is 2.88. The van der Waals surface area contributed by atoms with Crippen molar-refractivity contribution in [1.29, 1.82) is 0 Å². The Hall–Kier alpha value is -2.49. The van der Waals surface area contributed by atoms with Gasteiger partial charge in [0.2, 0.25) is 5.78 Å². The maximum atomic E-state index is 12.5. The third kappa shape index (κ3) is 1.91. The first kappa shape index (κ1) is 11.6. The summed E-state index contributed by atoms with van der Waals surface area (Å²) in [6, 6.07) is 11.3. The predicted molar refractivity (Wildman–Crippen MR) is 73.1 cm³/mol. The summed E-state index contributed by atoms with van der Waals surface area (Å²) in [6.45, 7) is 1.89. The number of hydrogen-bond donors (Lipinski definition) is 0. The van der Waals surface area contributed by atoms with Crippen LogP contribution in [-0.2, 0) is 7.05 Å². The number of fused-ring (bicyclic) bond motifs is 1. The van der Waals surface area contributed by atoms with E-state index in [9.17, 15) is 4.79 Å². The molecular formula is C15H13N3O. The summed E-state index contributed by atoms with van der Waals surface area (Å²) >= 11 is 0. The molecule has 0 saturated heterocycles. The van der Waals surface area contributed by atoms with Gasteiger partial charge in [-0.3, -0.25) is 14.5 Å². The summed E-state index contributed by atoms with van der Waals surface area (Å²) in [6.07, 6.45) is 1.60. The highest BCUT2D eigenvalue weighted by molar-refractivity contribution is 6.14. The van der Waals surface area contributed by atoms with Crippen molar-refractivity contribution in [3.8, 4) is 0 Å². The molecule has 0 aliphatic carbocycles. The van der Waals surface area contributed by atoms with Gasteiger partial charge in [0.1, 0.15) is 5.69 Å². The lowest BCUT2D eigenvalue weighted by atomic mass is 10.1. The Balaban J connectivity index is 2.14. The normalized spacial score (nSPS) is 10.8. The minimum atomic E-state index is -0.0932. The molecule has 0 radical (unpaired) electrons. The van der Waals surface area contributed by atoms with Crippen LogP contribution in [0.4, 0.5) is 0 Å². The average Bonchev–Trinajstić information content (AvgIpc) is 2.77. The summed E-state index contributed by atoms with van der Waals surface area (Å²) in [7, 11) is 1.84. The number of rotatable bonds is 2. The SMILES string of the molecule is Cc1ccc(C(=O)c2nn(C)c3ccccc23)cn1.